The van der Waals surface area contributed by atoms with Crippen molar-refractivity contribution in [2.75, 3.05) is 20.3 Å². The molecule has 2 atom stereocenters. The number of hydrogen-bond acceptors (Lipinski definition) is 3. The third-order valence-electron chi connectivity index (χ3n) is 4.46. The van der Waals surface area contributed by atoms with Gasteiger partial charge >= 0.3 is 5.97 Å². The van der Waals surface area contributed by atoms with E-state index in [4.69, 9.17) is 4.74 Å². The number of rotatable bonds is 6. The number of hydrogen-bond donors (Lipinski definition) is 1. The Hall–Kier alpha value is -1.88. The molecule has 1 aliphatic heterocycles. The molecule has 5 nitrogen and oxygen atoms in total. The first kappa shape index (κ1) is 16.5. The van der Waals surface area contributed by atoms with Gasteiger partial charge < -0.3 is 14.7 Å². The van der Waals surface area contributed by atoms with E-state index in [1.54, 1.807) is 12.0 Å². The zero-order valence-electron chi connectivity index (χ0n) is 13.3. The van der Waals surface area contributed by atoms with Gasteiger partial charge in [-0.2, -0.15) is 0 Å². The number of methoxy groups -OCH3 is 1. The van der Waals surface area contributed by atoms with Crippen molar-refractivity contribution in [1.29, 1.82) is 0 Å². The van der Waals surface area contributed by atoms with Crippen LogP contribution in [-0.4, -0.2) is 42.1 Å². The second-order valence-corrected chi connectivity index (χ2v) is 5.82. The van der Waals surface area contributed by atoms with Crippen molar-refractivity contribution >= 4 is 11.9 Å². The molecule has 1 N–H and O–H groups in total. The molecule has 5 heteroatoms. The number of nitrogens with zero attached hydrogens (tertiary/aromatic N) is 1. The molecule has 1 heterocycles. The molecule has 1 aromatic carbocycles. The maximum Gasteiger partial charge on any atom is 0.309 e. The molecule has 1 saturated heterocycles. The fourth-order valence-electron chi connectivity index (χ4n) is 3.13. The van der Waals surface area contributed by atoms with Crippen molar-refractivity contribution in [2.24, 2.45) is 5.92 Å². The van der Waals surface area contributed by atoms with Crippen LogP contribution in [-0.2, 0) is 14.3 Å². The summed E-state index contributed by atoms with van der Waals surface area (Å²) in [7, 11) is 1.62. The summed E-state index contributed by atoms with van der Waals surface area (Å²) in [6, 6.07) is 5.47. The van der Waals surface area contributed by atoms with Crippen molar-refractivity contribution in [3.63, 3.8) is 0 Å². The van der Waals surface area contributed by atoms with E-state index < -0.39 is 11.9 Å². The molecule has 1 aromatic rings. The van der Waals surface area contributed by atoms with Gasteiger partial charge in [0.05, 0.1) is 12.0 Å². The predicted octanol–water partition coefficient (Wildman–Crippen LogP) is 2.31. The normalized spacial score (nSPS) is 21.4. The van der Waals surface area contributed by atoms with E-state index in [2.05, 4.69) is 0 Å². The Morgan fingerprint density at radius 1 is 1.41 bits per heavy atom. The highest BCUT2D eigenvalue weighted by molar-refractivity contribution is 5.87. The number of aliphatic carboxylic acids is 1. The maximum atomic E-state index is 12.3. The molecular formula is C17H23NO4. The molecule has 0 aliphatic carbocycles. The van der Waals surface area contributed by atoms with Crippen LogP contribution in [0.25, 0.3) is 0 Å². The van der Waals surface area contributed by atoms with Gasteiger partial charge in [0, 0.05) is 26.7 Å². The number of carbonyl (C=O) groups excluding carboxylic acids is 1. The van der Waals surface area contributed by atoms with E-state index in [1.807, 2.05) is 32.0 Å². The number of amides is 1. The van der Waals surface area contributed by atoms with E-state index in [9.17, 15) is 14.7 Å². The molecule has 1 amide bonds. The molecule has 1 aliphatic rings. The monoisotopic (exact) mass is 305 g/mol. The molecule has 0 unspecified atom stereocenters. The minimum atomic E-state index is -0.909. The van der Waals surface area contributed by atoms with Gasteiger partial charge in [0.2, 0.25) is 5.91 Å². The van der Waals surface area contributed by atoms with Crippen LogP contribution in [0.3, 0.4) is 0 Å². The van der Waals surface area contributed by atoms with Crippen LogP contribution in [0.15, 0.2) is 18.2 Å². The number of carbonyl (C=O) groups is 2. The van der Waals surface area contributed by atoms with Crippen molar-refractivity contribution in [3.8, 4) is 0 Å². The Morgan fingerprint density at radius 3 is 2.77 bits per heavy atom. The number of carboxylic acids is 1. The summed E-state index contributed by atoms with van der Waals surface area (Å²) >= 11 is 0. The fourth-order valence-corrected chi connectivity index (χ4v) is 3.13. The Morgan fingerprint density at radius 2 is 2.14 bits per heavy atom. The predicted molar refractivity (Wildman–Crippen MR) is 82.6 cm³/mol. The van der Waals surface area contributed by atoms with Gasteiger partial charge in [0.15, 0.2) is 0 Å². The van der Waals surface area contributed by atoms with E-state index in [0.717, 1.165) is 16.7 Å². The highest BCUT2D eigenvalue weighted by Gasteiger charge is 2.44. The lowest BCUT2D eigenvalue weighted by molar-refractivity contribution is -0.142. The standard InChI is InChI=1S/C17H23NO4/c1-11-6-4-7-13(12(11)2)16-14(17(20)21)10-15(19)18(16)8-5-9-22-3/h4,6-7,14,16H,5,8-10H2,1-3H3,(H,20,21)/t14-,16+/m1/s1. The lowest BCUT2D eigenvalue weighted by Crippen LogP contribution is -2.32. The van der Waals surface area contributed by atoms with E-state index in [0.29, 0.717) is 19.6 Å². The minimum absolute atomic E-state index is 0.0698. The van der Waals surface area contributed by atoms with Gasteiger partial charge in [0.25, 0.3) is 0 Å². The molecular weight excluding hydrogens is 282 g/mol. The summed E-state index contributed by atoms with van der Waals surface area (Å²) in [5.74, 6) is -1.68. The van der Waals surface area contributed by atoms with Crippen LogP contribution in [0, 0.1) is 19.8 Å². The fraction of sp³-hybridized carbons (Fsp3) is 0.529. The van der Waals surface area contributed by atoms with Crippen LogP contribution in [0.2, 0.25) is 0 Å². The van der Waals surface area contributed by atoms with Crippen molar-refractivity contribution < 1.29 is 19.4 Å². The summed E-state index contributed by atoms with van der Waals surface area (Å²) in [6.07, 6.45) is 0.774. The Labute approximate surface area is 130 Å². The number of carboxylic acid groups (broad SMARTS) is 1. The third kappa shape index (κ3) is 3.14. The maximum absolute atomic E-state index is 12.3. The number of aryl methyl sites for hydroxylation is 1. The summed E-state index contributed by atoms with van der Waals surface area (Å²) in [5, 5.41) is 9.51. The van der Waals surface area contributed by atoms with E-state index in [-0.39, 0.29) is 18.4 Å². The lowest BCUT2D eigenvalue weighted by Gasteiger charge is -2.29. The Kier molecular flexibility index (Phi) is 5.19. The van der Waals surface area contributed by atoms with Crippen molar-refractivity contribution in [2.45, 2.75) is 32.7 Å². The zero-order valence-corrected chi connectivity index (χ0v) is 13.3. The SMILES string of the molecule is COCCCN1C(=O)C[C@@H](C(=O)O)[C@@H]1c1cccc(C)c1C. The smallest absolute Gasteiger partial charge is 0.309 e. The Balaban J connectivity index is 2.37. The zero-order chi connectivity index (χ0) is 16.3. The van der Waals surface area contributed by atoms with E-state index in [1.165, 1.54) is 0 Å². The third-order valence-corrected chi connectivity index (χ3v) is 4.46. The molecule has 22 heavy (non-hydrogen) atoms. The first-order chi connectivity index (χ1) is 10.5. The first-order valence-corrected chi connectivity index (χ1v) is 7.54. The average Bonchev–Trinajstić information content (AvgIpc) is 2.80. The quantitative estimate of drug-likeness (QED) is 0.819. The number of likely N-dealkylation sites (tertiary alicyclic amines) is 1. The molecule has 1 fully saturated rings. The van der Waals surface area contributed by atoms with Gasteiger partial charge in [-0.05, 0) is 37.0 Å². The van der Waals surface area contributed by atoms with Crippen molar-refractivity contribution in [3.05, 3.63) is 34.9 Å². The van der Waals surface area contributed by atoms with Crippen LogP contribution in [0.5, 0.6) is 0 Å². The van der Waals surface area contributed by atoms with Gasteiger partial charge in [0.1, 0.15) is 0 Å². The largest absolute Gasteiger partial charge is 0.481 e. The van der Waals surface area contributed by atoms with Gasteiger partial charge in [-0.15, -0.1) is 0 Å². The van der Waals surface area contributed by atoms with Crippen LogP contribution in [0.4, 0.5) is 0 Å². The van der Waals surface area contributed by atoms with Gasteiger partial charge in [-0.25, -0.2) is 0 Å². The van der Waals surface area contributed by atoms with Gasteiger partial charge in [-0.1, -0.05) is 18.2 Å². The number of ether oxygens (including phenoxy) is 1. The molecule has 0 spiro atoms. The van der Waals surface area contributed by atoms with Gasteiger partial charge in [-0.3, -0.25) is 9.59 Å². The summed E-state index contributed by atoms with van der Waals surface area (Å²) < 4.78 is 5.04. The lowest BCUT2D eigenvalue weighted by atomic mass is 9.89. The molecule has 0 saturated carbocycles. The molecule has 0 aromatic heterocycles. The molecule has 2 rings (SSSR count). The highest BCUT2D eigenvalue weighted by atomic mass is 16.5. The highest BCUT2D eigenvalue weighted by Crippen LogP contribution is 2.40. The van der Waals surface area contributed by atoms with Crippen LogP contribution < -0.4 is 0 Å². The van der Waals surface area contributed by atoms with Crippen molar-refractivity contribution in [1.82, 2.24) is 4.90 Å². The first-order valence-electron chi connectivity index (χ1n) is 7.54. The minimum Gasteiger partial charge on any atom is -0.481 e. The summed E-state index contributed by atoms with van der Waals surface area (Å²) in [4.78, 5) is 25.6. The Bertz CT molecular complexity index is 570. The van der Waals surface area contributed by atoms with Crippen LogP contribution in [0.1, 0.15) is 35.6 Å². The number of benzene rings is 1. The summed E-state index contributed by atoms with van der Waals surface area (Å²) in [5.41, 5.74) is 3.11. The van der Waals surface area contributed by atoms with E-state index >= 15 is 0 Å². The second kappa shape index (κ2) is 6.92. The molecule has 120 valence electrons. The van der Waals surface area contributed by atoms with Crippen LogP contribution >= 0.6 is 0 Å². The average molecular weight is 305 g/mol. The summed E-state index contributed by atoms with van der Waals surface area (Å²) in [6.45, 7) is 5.07. The molecule has 0 radical (unpaired) electrons. The topological polar surface area (TPSA) is 66.8 Å². The molecule has 0 bridgehead atoms. The second-order valence-electron chi connectivity index (χ2n) is 5.82.